The number of furan rings is 1. The summed E-state index contributed by atoms with van der Waals surface area (Å²) in [5.74, 6) is -1.05. The van der Waals surface area contributed by atoms with Crippen LogP contribution in [0, 0.1) is 5.92 Å². The van der Waals surface area contributed by atoms with Crippen LogP contribution in [0.2, 0.25) is 0 Å². The molecule has 1 rings (SSSR count). The van der Waals surface area contributed by atoms with Gasteiger partial charge < -0.3 is 20.2 Å². The predicted molar refractivity (Wildman–Crippen MR) is 65.2 cm³/mol. The highest BCUT2D eigenvalue weighted by Gasteiger charge is 2.13. The molecule has 0 bridgehead atoms. The Morgan fingerprint density at radius 3 is 2.72 bits per heavy atom. The van der Waals surface area contributed by atoms with Gasteiger partial charge in [0.05, 0.1) is 6.54 Å². The molecule has 6 nitrogen and oxygen atoms in total. The molecule has 1 atom stereocenters. The summed E-state index contributed by atoms with van der Waals surface area (Å²) < 4.78 is 5.03. The molecule has 3 N–H and O–H groups in total. The van der Waals surface area contributed by atoms with Crippen LogP contribution in [0.3, 0.4) is 0 Å². The topological polar surface area (TPSA) is 91.6 Å². The molecule has 1 unspecified atom stereocenters. The van der Waals surface area contributed by atoms with Crippen LogP contribution in [0.4, 0.5) is 0 Å². The summed E-state index contributed by atoms with van der Waals surface area (Å²) in [6.07, 6.45) is 0. The number of aromatic carboxylic acids is 1. The Kier molecular flexibility index (Phi) is 5.38. The van der Waals surface area contributed by atoms with Crippen molar-refractivity contribution in [3.63, 3.8) is 0 Å². The Hall–Kier alpha value is -1.82. The molecule has 0 fully saturated rings. The van der Waals surface area contributed by atoms with Crippen LogP contribution < -0.4 is 10.6 Å². The second-order valence-corrected chi connectivity index (χ2v) is 4.00. The fourth-order valence-corrected chi connectivity index (χ4v) is 1.39. The minimum absolute atomic E-state index is 0.0933. The van der Waals surface area contributed by atoms with E-state index in [-0.39, 0.29) is 24.1 Å². The fraction of sp³-hybridized carbons (Fsp3) is 0.500. The van der Waals surface area contributed by atoms with E-state index in [1.807, 2.05) is 13.8 Å². The summed E-state index contributed by atoms with van der Waals surface area (Å²) in [5.41, 5.74) is 0. The van der Waals surface area contributed by atoms with Crippen molar-refractivity contribution in [3.8, 4) is 0 Å². The van der Waals surface area contributed by atoms with Crippen LogP contribution in [-0.2, 0) is 11.3 Å². The van der Waals surface area contributed by atoms with E-state index in [0.717, 1.165) is 6.54 Å². The molecule has 0 radical (unpaired) electrons. The van der Waals surface area contributed by atoms with Crippen LogP contribution in [0.25, 0.3) is 0 Å². The van der Waals surface area contributed by atoms with E-state index in [9.17, 15) is 9.59 Å². The van der Waals surface area contributed by atoms with Crippen LogP contribution in [0.1, 0.15) is 30.2 Å². The third-order valence-corrected chi connectivity index (χ3v) is 2.46. The van der Waals surface area contributed by atoms with Crippen LogP contribution in [-0.4, -0.2) is 30.1 Å². The van der Waals surface area contributed by atoms with E-state index in [0.29, 0.717) is 12.3 Å². The van der Waals surface area contributed by atoms with Crippen molar-refractivity contribution in [2.45, 2.75) is 20.4 Å². The lowest BCUT2D eigenvalue weighted by atomic mass is 10.1. The third kappa shape index (κ3) is 4.21. The normalized spacial score (nSPS) is 12.1. The van der Waals surface area contributed by atoms with E-state index in [2.05, 4.69) is 10.6 Å². The van der Waals surface area contributed by atoms with Crippen molar-refractivity contribution in [1.82, 2.24) is 10.6 Å². The van der Waals surface area contributed by atoms with Gasteiger partial charge in [-0.3, -0.25) is 4.79 Å². The van der Waals surface area contributed by atoms with Crippen molar-refractivity contribution in [1.29, 1.82) is 0 Å². The van der Waals surface area contributed by atoms with Gasteiger partial charge in [-0.25, -0.2) is 4.79 Å². The molecule has 0 saturated heterocycles. The Labute approximate surface area is 105 Å². The number of hydrogen-bond donors (Lipinski definition) is 3. The molecular formula is C12H18N2O4. The number of carboxylic acid groups (broad SMARTS) is 1. The van der Waals surface area contributed by atoms with E-state index in [4.69, 9.17) is 9.52 Å². The summed E-state index contributed by atoms with van der Waals surface area (Å²) in [7, 11) is 0. The summed E-state index contributed by atoms with van der Waals surface area (Å²) in [6, 6.07) is 2.91. The lowest BCUT2D eigenvalue weighted by Crippen LogP contribution is -2.34. The maximum absolute atomic E-state index is 11.7. The maximum atomic E-state index is 11.7. The Bertz CT molecular complexity index is 414. The molecule has 1 heterocycles. The lowest BCUT2D eigenvalue weighted by molar-refractivity contribution is -0.124. The first-order valence-corrected chi connectivity index (χ1v) is 5.85. The van der Waals surface area contributed by atoms with Crippen LogP contribution >= 0.6 is 0 Å². The van der Waals surface area contributed by atoms with Crippen LogP contribution in [0.15, 0.2) is 16.5 Å². The number of carboxylic acids is 1. The number of amides is 1. The summed E-state index contributed by atoms with van der Waals surface area (Å²) in [4.78, 5) is 22.2. The molecule has 18 heavy (non-hydrogen) atoms. The Morgan fingerprint density at radius 1 is 1.44 bits per heavy atom. The van der Waals surface area contributed by atoms with Gasteiger partial charge in [0.2, 0.25) is 11.7 Å². The first-order chi connectivity index (χ1) is 8.54. The van der Waals surface area contributed by atoms with Gasteiger partial charge in [0.15, 0.2) is 0 Å². The summed E-state index contributed by atoms with van der Waals surface area (Å²) >= 11 is 0. The number of carbonyl (C=O) groups is 2. The molecule has 1 aromatic heterocycles. The maximum Gasteiger partial charge on any atom is 0.371 e. The van der Waals surface area contributed by atoms with Crippen molar-refractivity contribution >= 4 is 11.9 Å². The van der Waals surface area contributed by atoms with Crippen molar-refractivity contribution in [2.24, 2.45) is 5.92 Å². The molecule has 0 aliphatic rings. The second-order valence-electron chi connectivity index (χ2n) is 4.00. The lowest BCUT2D eigenvalue weighted by Gasteiger charge is -2.11. The van der Waals surface area contributed by atoms with Gasteiger partial charge in [0, 0.05) is 12.5 Å². The van der Waals surface area contributed by atoms with Crippen LogP contribution in [0.5, 0.6) is 0 Å². The highest BCUT2D eigenvalue weighted by atomic mass is 16.4. The standard InChI is InChI=1S/C12H18N2O4/c1-3-13-6-8(2)11(15)14-7-9-4-5-10(18-9)12(16)17/h4-5,8,13H,3,6-7H2,1-2H3,(H,14,15)(H,16,17). The van der Waals surface area contributed by atoms with E-state index < -0.39 is 5.97 Å². The highest BCUT2D eigenvalue weighted by molar-refractivity contribution is 5.84. The average molecular weight is 254 g/mol. The quantitative estimate of drug-likeness (QED) is 0.670. The SMILES string of the molecule is CCNCC(C)C(=O)NCc1ccc(C(=O)O)o1. The summed E-state index contributed by atoms with van der Waals surface area (Å²) in [6.45, 7) is 5.42. The Morgan fingerprint density at radius 2 is 2.17 bits per heavy atom. The fourth-order valence-electron chi connectivity index (χ4n) is 1.39. The van der Waals surface area contributed by atoms with Gasteiger partial charge in [-0.1, -0.05) is 13.8 Å². The minimum Gasteiger partial charge on any atom is -0.475 e. The van der Waals surface area contributed by atoms with E-state index in [1.165, 1.54) is 6.07 Å². The third-order valence-electron chi connectivity index (χ3n) is 2.46. The molecule has 0 aliphatic heterocycles. The number of carbonyl (C=O) groups excluding carboxylic acids is 1. The zero-order chi connectivity index (χ0) is 13.5. The smallest absolute Gasteiger partial charge is 0.371 e. The molecule has 100 valence electrons. The molecule has 0 aromatic carbocycles. The number of rotatable bonds is 7. The highest BCUT2D eigenvalue weighted by Crippen LogP contribution is 2.07. The predicted octanol–water partition coefficient (Wildman–Crippen LogP) is 0.840. The van der Waals surface area contributed by atoms with E-state index >= 15 is 0 Å². The first-order valence-electron chi connectivity index (χ1n) is 5.85. The summed E-state index contributed by atoms with van der Waals surface area (Å²) in [5, 5.41) is 14.4. The number of nitrogens with one attached hydrogen (secondary N) is 2. The van der Waals surface area contributed by atoms with Gasteiger partial charge in [0.1, 0.15) is 5.76 Å². The monoisotopic (exact) mass is 254 g/mol. The van der Waals surface area contributed by atoms with Gasteiger partial charge in [-0.15, -0.1) is 0 Å². The zero-order valence-corrected chi connectivity index (χ0v) is 10.5. The average Bonchev–Trinajstić information content (AvgIpc) is 2.81. The largest absolute Gasteiger partial charge is 0.475 e. The molecule has 6 heteroatoms. The molecule has 1 amide bonds. The van der Waals surface area contributed by atoms with Crippen molar-refractivity contribution in [3.05, 3.63) is 23.7 Å². The van der Waals surface area contributed by atoms with Crippen molar-refractivity contribution < 1.29 is 19.1 Å². The van der Waals surface area contributed by atoms with E-state index in [1.54, 1.807) is 6.07 Å². The second kappa shape index (κ2) is 6.80. The molecule has 0 spiro atoms. The van der Waals surface area contributed by atoms with Gasteiger partial charge in [-0.2, -0.15) is 0 Å². The first kappa shape index (κ1) is 14.2. The van der Waals surface area contributed by atoms with Gasteiger partial charge in [-0.05, 0) is 18.7 Å². The number of hydrogen-bond acceptors (Lipinski definition) is 4. The molecule has 0 saturated carbocycles. The molecular weight excluding hydrogens is 236 g/mol. The molecule has 0 aliphatic carbocycles. The van der Waals surface area contributed by atoms with Gasteiger partial charge in [0.25, 0.3) is 0 Å². The minimum atomic E-state index is -1.12. The van der Waals surface area contributed by atoms with Crippen molar-refractivity contribution in [2.75, 3.05) is 13.1 Å². The Balaban J connectivity index is 2.39. The zero-order valence-electron chi connectivity index (χ0n) is 10.5. The molecule has 1 aromatic rings. The van der Waals surface area contributed by atoms with Gasteiger partial charge >= 0.3 is 5.97 Å².